The highest BCUT2D eigenvalue weighted by atomic mass is 32.1. The summed E-state index contributed by atoms with van der Waals surface area (Å²) >= 11 is 1.83. The van der Waals surface area contributed by atoms with Crippen LogP contribution in [0, 0.1) is 6.92 Å². The number of furan rings is 1. The Morgan fingerprint density at radius 2 is 2.25 bits per heavy atom. The third-order valence-corrected chi connectivity index (χ3v) is 4.54. The topological polar surface area (TPSA) is 28.4 Å². The largest absolute Gasteiger partial charge is 0.463 e. The summed E-state index contributed by atoms with van der Waals surface area (Å²) in [6.07, 6.45) is 1.09. The van der Waals surface area contributed by atoms with E-state index in [1.54, 1.807) is 0 Å². The summed E-state index contributed by atoms with van der Waals surface area (Å²) in [4.78, 5) is 3.79. The Hall–Kier alpha value is -1.10. The zero-order valence-corrected chi connectivity index (χ0v) is 13.6. The van der Waals surface area contributed by atoms with E-state index in [1.807, 2.05) is 18.4 Å². The minimum absolute atomic E-state index is 0.506. The van der Waals surface area contributed by atoms with Crippen molar-refractivity contribution in [2.75, 3.05) is 14.1 Å². The molecule has 1 atom stereocenters. The van der Waals surface area contributed by atoms with Crippen LogP contribution < -0.4 is 5.32 Å². The van der Waals surface area contributed by atoms with E-state index < -0.39 is 0 Å². The van der Waals surface area contributed by atoms with Gasteiger partial charge in [0, 0.05) is 10.9 Å². The minimum Gasteiger partial charge on any atom is -0.463 e. The quantitative estimate of drug-likeness (QED) is 0.847. The minimum atomic E-state index is 0.506. The molecular weight excluding hydrogens is 268 g/mol. The molecule has 0 aliphatic heterocycles. The van der Waals surface area contributed by atoms with Crippen LogP contribution in [0.1, 0.15) is 28.9 Å². The summed E-state index contributed by atoms with van der Waals surface area (Å²) in [5.74, 6) is 2.09. The summed E-state index contributed by atoms with van der Waals surface area (Å²) in [7, 11) is 4.10. The highest BCUT2D eigenvalue weighted by Crippen LogP contribution is 2.18. The van der Waals surface area contributed by atoms with Crippen LogP contribution in [0.5, 0.6) is 0 Å². The van der Waals surface area contributed by atoms with Gasteiger partial charge in [-0.25, -0.2) is 0 Å². The molecule has 20 heavy (non-hydrogen) atoms. The van der Waals surface area contributed by atoms with Crippen LogP contribution in [-0.4, -0.2) is 25.0 Å². The van der Waals surface area contributed by atoms with Crippen LogP contribution in [0.15, 0.2) is 28.0 Å². The van der Waals surface area contributed by atoms with E-state index in [4.69, 9.17) is 4.42 Å². The summed E-state index contributed by atoms with van der Waals surface area (Å²) < 4.78 is 5.91. The monoisotopic (exact) mass is 292 g/mol. The van der Waals surface area contributed by atoms with Crippen molar-refractivity contribution in [2.24, 2.45) is 0 Å². The highest BCUT2D eigenvalue weighted by Gasteiger charge is 2.14. The average molecular weight is 292 g/mol. The smallest absolute Gasteiger partial charge is 0.120 e. The predicted octanol–water partition coefficient (Wildman–Crippen LogP) is 3.43. The normalized spacial score (nSPS) is 13.1. The van der Waals surface area contributed by atoms with Gasteiger partial charge in [-0.3, -0.25) is 4.90 Å². The molecule has 0 aromatic carbocycles. The van der Waals surface area contributed by atoms with Crippen LogP contribution in [-0.2, 0) is 19.5 Å². The summed E-state index contributed by atoms with van der Waals surface area (Å²) in [5.41, 5.74) is 1.23. The Labute approximate surface area is 125 Å². The van der Waals surface area contributed by atoms with E-state index in [0.29, 0.717) is 6.04 Å². The van der Waals surface area contributed by atoms with Gasteiger partial charge in [-0.1, -0.05) is 6.07 Å². The molecule has 0 fully saturated rings. The molecule has 1 unspecified atom stereocenters. The second-order valence-electron chi connectivity index (χ2n) is 5.40. The predicted molar refractivity (Wildman–Crippen MR) is 85.2 cm³/mol. The van der Waals surface area contributed by atoms with Crippen LogP contribution in [0.2, 0.25) is 0 Å². The van der Waals surface area contributed by atoms with Gasteiger partial charge >= 0.3 is 0 Å². The molecule has 2 rings (SSSR count). The van der Waals surface area contributed by atoms with Crippen molar-refractivity contribution in [1.29, 1.82) is 0 Å². The van der Waals surface area contributed by atoms with Gasteiger partial charge in [0.2, 0.25) is 0 Å². The Morgan fingerprint density at radius 1 is 1.45 bits per heavy atom. The first-order valence-electron chi connectivity index (χ1n) is 7.05. The maximum absolute atomic E-state index is 5.91. The van der Waals surface area contributed by atoms with Crippen molar-refractivity contribution in [2.45, 2.75) is 39.4 Å². The van der Waals surface area contributed by atoms with E-state index in [9.17, 15) is 0 Å². The Balaban J connectivity index is 1.93. The van der Waals surface area contributed by atoms with Gasteiger partial charge < -0.3 is 9.73 Å². The fraction of sp³-hybridized carbons (Fsp3) is 0.500. The third kappa shape index (κ3) is 3.95. The second kappa shape index (κ2) is 7.07. The number of thiophene rings is 1. The number of nitrogens with zero attached hydrogens (tertiary/aromatic N) is 1. The molecule has 1 N–H and O–H groups in total. The van der Waals surface area contributed by atoms with E-state index in [1.165, 1.54) is 10.4 Å². The lowest BCUT2D eigenvalue weighted by Gasteiger charge is -2.23. The van der Waals surface area contributed by atoms with E-state index in [0.717, 1.165) is 31.0 Å². The first-order valence-corrected chi connectivity index (χ1v) is 7.93. The van der Waals surface area contributed by atoms with Gasteiger partial charge in [0.15, 0.2) is 0 Å². The molecule has 0 radical (unpaired) electrons. The van der Waals surface area contributed by atoms with Gasteiger partial charge in [0.1, 0.15) is 11.5 Å². The summed E-state index contributed by atoms with van der Waals surface area (Å²) in [5, 5.41) is 5.28. The SMILES string of the molecule is CNCc1oc(CN(C)C(C)Cc2cccs2)cc1C. The number of rotatable bonds is 7. The number of hydrogen-bond donors (Lipinski definition) is 1. The van der Waals surface area contributed by atoms with E-state index in [-0.39, 0.29) is 0 Å². The third-order valence-electron chi connectivity index (χ3n) is 3.64. The van der Waals surface area contributed by atoms with Crippen molar-refractivity contribution in [3.63, 3.8) is 0 Å². The molecule has 0 aliphatic carbocycles. The number of likely N-dealkylation sites (N-methyl/N-ethyl adjacent to an activating group) is 1. The van der Waals surface area contributed by atoms with E-state index >= 15 is 0 Å². The lowest BCUT2D eigenvalue weighted by molar-refractivity contribution is 0.227. The standard InChI is InChI=1S/C16H24N2OS/c1-12-8-14(19-16(12)10-17-3)11-18(4)13(2)9-15-6-5-7-20-15/h5-8,13,17H,9-11H2,1-4H3. The first-order chi connectivity index (χ1) is 9.60. The van der Waals surface area contributed by atoms with Gasteiger partial charge in [-0.05, 0) is 57.4 Å². The fourth-order valence-corrected chi connectivity index (χ4v) is 3.11. The fourth-order valence-electron chi connectivity index (χ4n) is 2.28. The van der Waals surface area contributed by atoms with Crippen LogP contribution in [0.25, 0.3) is 0 Å². The maximum Gasteiger partial charge on any atom is 0.120 e. The lowest BCUT2D eigenvalue weighted by atomic mass is 10.2. The van der Waals surface area contributed by atoms with Gasteiger partial charge in [0.25, 0.3) is 0 Å². The van der Waals surface area contributed by atoms with Crippen molar-refractivity contribution in [3.8, 4) is 0 Å². The molecule has 110 valence electrons. The molecule has 2 aromatic heterocycles. The van der Waals surface area contributed by atoms with Crippen molar-refractivity contribution in [3.05, 3.63) is 45.5 Å². The highest BCUT2D eigenvalue weighted by molar-refractivity contribution is 7.09. The summed E-state index contributed by atoms with van der Waals surface area (Å²) in [6, 6.07) is 6.98. The molecule has 0 aliphatic rings. The molecule has 0 amide bonds. The van der Waals surface area contributed by atoms with Crippen molar-refractivity contribution in [1.82, 2.24) is 10.2 Å². The van der Waals surface area contributed by atoms with Crippen LogP contribution in [0.3, 0.4) is 0 Å². The Morgan fingerprint density at radius 3 is 2.90 bits per heavy atom. The molecule has 0 spiro atoms. The molecule has 2 heterocycles. The maximum atomic E-state index is 5.91. The van der Waals surface area contributed by atoms with Crippen molar-refractivity contribution >= 4 is 11.3 Å². The Bertz CT molecular complexity index is 519. The zero-order valence-electron chi connectivity index (χ0n) is 12.8. The zero-order chi connectivity index (χ0) is 14.5. The first kappa shape index (κ1) is 15.3. The van der Waals surface area contributed by atoms with Crippen molar-refractivity contribution < 1.29 is 4.42 Å². The molecule has 0 bridgehead atoms. The molecule has 4 heteroatoms. The van der Waals surface area contributed by atoms with Gasteiger partial charge in [0.05, 0.1) is 13.1 Å². The van der Waals surface area contributed by atoms with Crippen LogP contribution >= 0.6 is 11.3 Å². The molecular formula is C16H24N2OS. The number of nitrogens with one attached hydrogen (secondary N) is 1. The Kier molecular flexibility index (Phi) is 5.40. The molecule has 0 saturated carbocycles. The summed E-state index contributed by atoms with van der Waals surface area (Å²) in [6.45, 7) is 6.02. The lowest BCUT2D eigenvalue weighted by Crippen LogP contribution is -2.30. The van der Waals surface area contributed by atoms with Gasteiger partial charge in [-0.15, -0.1) is 11.3 Å². The van der Waals surface area contributed by atoms with E-state index in [2.05, 4.69) is 54.7 Å². The number of hydrogen-bond acceptors (Lipinski definition) is 4. The number of aryl methyl sites for hydroxylation is 1. The molecule has 0 saturated heterocycles. The van der Waals surface area contributed by atoms with Crippen LogP contribution in [0.4, 0.5) is 0 Å². The molecule has 3 nitrogen and oxygen atoms in total. The van der Waals surface area contributed by atoms with Gasteiger partial charge in [-0.2, -0.15) is 0 Å². The second-order valence-corrected chi connectivity index (χ2v) is 6.43. The molecule has 2 aromatic rings. The average Bonchev–Trinajstić information content (AvgIpc) is 3.01.